The maximum atomic E-state index is 2.43. The standard InChI is InChI=1S/C44H28Se/c1-3-10-29(11-4-1)36-25-37(30-12-5-2-6-13-30)27-38(26-36)34-16-9-15-33(24-34)35-21-23-42-41(28-35)40-22-20-32-19-18-31-14-7-8-17-39(31)43(32)44(40)45-42/h1-28H. The molecule has 1 heterocycles. The van der Waals surface area contributed by atoms with Gasteiger partial charge < -0.3 is 0 Å². The summed E-state index contributed by atoms with van der Waals surface area (Å²) in [6, 6.07) is 62.5. The first-order valence-electron chi connectivity index (χ1n) is 15.4. The Balaban J connectivity index is 1.19. The van der Waals surface area contributed by atoms with Crippen molar-refractivity contribution in [2.24, 2.45) is 0 Å². The van der Waals surface area contributed by atoms with Crippen LogP contribution in [0.2, 0.25) is 0 Å². The average molecular weight is 636 g/mol. The Bertz CT molecular complexity index is 2460. The molecular weight excluding hydrogens is 607 g/mol. The van der Waals surface area contributed by atoms with Crippen LogP contribution >= 0.6 is 0 Å². The summed E-state index contributed by atoms with van der Waals surface area (Å²) < 4.78 is 2.99. The maximum absolute atomic E-state index is 2.43. The van der Waals surface area contributed by atoms with Gasteiger partial charge in [-0.25, -0.2) is 0 Å². The van der Waals surface area contributed by atoms with Gasteiger partial charge in [-0.2, -0.15) is 0 Å². The van der Waals surface area contributed by atoms with Crippen molar-refractivity contribution in [2.45, 2.75) is 0 Å². The molecule has 0 atom stereocenters. The predicted octanol–water partition coefficient (Wildman–Crippen LogP) is 12.0. The first-order valence-corrected chi connectivity index (χ1v) is 17.1. The van der Waals surface area contributed by atoms with Gasteiger partial charge in [-0.15, -0.1) is 0 Å². The number of rotatable bonds is 4. The molecule has 1 aromatic heterocycles. The first-order chi connectivity index (χ1) is 22.3. The quantitative estimate of drug-likeness (QED) is 0.133. The second-order valence-electron chi connectivity index (χ2n) is 11.8. The number of hydrogen-bond acceptors (Lipinski definition) is 0. The molecule has 0 aliphatic rings. The van der Waals surface area contributed by atoms with E-state index in [0.717, 1.165) is 0 Å². The Morgan fingerprint density at radius 3 is 1.56 bits per heavy atom. The summed E-state index contributed by atoms with van der Waals surface area (Å²) in [5.41, 5.74) is 9.88. The van der Waals surface area contributed by atoms with Crippen molar-refractivity contribution in [3.63, 3.8) is 0 Å². The van der Waals surface area contributed by atoms with E-state index in [-0.39, 0.29) is 14.5 Å². The van der Waals surface area contributed by atoms with Gasteiger partial charge in [0, 0.05) is 0 Å². The second kappa shape index (κ2) is 10.8. The summed E-state index contributed by atoms with van der Waals surface area (Å²) in [6.45, 7) is 0. The van der Waals surface area contributed by atoms with Gasteiger partial charge in [0.15, 0.2) is 0 Å². The minimum atomic E-state index is 0.278. The van der Waals surface area contributed by atoms with Crippen LogP contribution in [0.5, 0.6) is 0 Å². The van der Waals surface area contributed by atoms with Crippen molar-refractivity contribution in [2.75, 3.05) is 0 Å². The molecule has 210 valence electrons. The van der Waals surface area contributed by atoms with Gasteiger partial charge in [0.05, 0.1) is 0 Å². The molecule has 0 aliphatic heterocycles. The Morgan fingerprint density at radius 1 is 0.289 bits per heavy atom. The summed E-state index contributed by atoms with van der Waals surface area (Å²) in [5, 5.41) is 8.23. The van der Waals surface area contributed by atoms with E-state index in [4.69, 9.17) is 0 Å². The molecule has 45 heavy (non-hydrogen) atoms. The Hall–Kier alpha value is -5.20. The van der Waals surface area contributed by atoms with Crippen LogP contribution in [0.4, 0.5) is 0 Å². The summed E-state index contributed by atoms with van der Waals surface area (Å²) in [4.78, 5) is 0. The number of fused-ring (bicyclic) bond motifs is 7. The molecule has 0 spiro atoms. The molecule has 0 radical (unpaired) electrons. The zero-order valence-corrected chi connectivity index (χ0v) is 26.3. The molecule has 0 saturated carbocycles. The van der Waals surface area contributed by atoms with Gasteiger partial charge in [0.25, 0.3) is 0 Å². The third kappa shape index (κ3) is 4.61. The molecule has 0 unspecified atom stereocenters. The average Bonchev–Trinajstić information content (AvgIpc) is 3.50. The van der Waals surface area contributed by atoms with Crippen molar-refractivity contribution in [1.29, 1.82) is 0 Å². The van der Waals surface area contributed by atoms with E-state index < -0.39 is 0 Å². The Labute approximate surface area is 268 Å². The molecule has 0 fully saturated rings. The molecule has 0 bridgehead atoms. The van der Waals surface area contributed by atoms with Crippen molar-refractivity contribution in [3.8, 4) is 44.5 Å². The molecule has 0 amide bonds. The normalized spacial score (nSPS) is 11.6. The van der Waals surface area contributed by atoms with Crippen LogP contribution < -0.4 is 0 Å². The molecule has 0 nitrogen and oxygen atoms in total. The van der Waals surface area contributed by atoms with Crippen LogP contribution in [0, 0.1) is 0 Å². The fourth-order valence-corrected chi connectivity index (χ4v) is 9.40. The van der Waals surface area contributed by atoms with Crippen LogP contribution in [0.3, 0.4) is 0 Å². The van der Waals surface area contributed by atoms with Gasteiger partial charge in [0.1, 0.15) is 0 Å². The second-order valence-corrected chi connectivity index (χ2v) is 14.0. The van der Waals surface area contributed by atoms with E-state index in [2.05, 4.69) is 170 Å². The van der Waals surface area contributed by atoms with Gasteiger partial charge in [-0.05, 0) is 0 Å². The Morgan fingerprint density at radius 2 is 0.822 bits per heavy atom. The van der Waals surface area contributed by atoms with Crippen LogP contribution in [0.25, 0.3) is 85.3 Å². The summed E-state index contributed by atoms with van der Waals surface area (Å²) in [6.07, 6.45) is 0. The fourth-order valence-electron chi connectivity index (χ4n) is 6.77. The SMILES string of the molecule is c1ccc(-c2cc(-c3ccccc3)cc(-c3cccc(-c4ccc5[se]c6c(ccc7ccc8ccccc8c76)c5c4)c3)c2)cc1. The fraction of sp³-hybridized carbons (Fsp3) is 0. The minimum absolute atomic E-state index is 0.278. The molecule has 8 aromatic carbocycles. The zero-order valence-electron chi connectivity index (χ0n) is 24.6. The van der Waals surface area contributed by atoms with Crippen LogP contribution in [-0.2, 0) is 0 Å². The smallest absolute Gasteiger partial charge is 0.0617 e. The van der Waals surface area contributed by atoms with Crippen molar-refractivity contribution in [3.05, 3.63) is 170 Å². The van der Waals surface area contributed by atoms with Crippen molar-refractivity contribution < 1.29 is 0 Å². The zero-order chi connectivity index (χ0) is 29.7. The van der Waals surface area contributed by atoms with E-state index >= 15 is 0 Å². The van der Waals surface area contributed by atoms with Crippen LogP contribution in [0.1, 0.15) is 0 Å². The molecular formula is C44H28Se. The summed E-state index contributed by atoms with van der Waals surface area (Å²) in [5.74, 6) is 0. The van der Waals surface area contributed by atoms with E-state index in [1.165, 1.54) is 85.3 Å². The Kier molecular flexibility index (Phi) is 6.27. The third-order valence-electron chi connectivity index (χ3n) is 9.02. The molecule has 0 aliphatic carbocycles. The van der Waals surface area contributed by atoms with E-state index in [0.29, 0.717) is 0 Å². The molecule has 9 aromatic rings. The molecule has 9 rings (SSSR count). The molecule has 0 N–H and O–H groups in total. The monoisotopic (exact) mass is 636 g/mol. The number of benzene rings is 8. The van der Waals surface area contributed by atoms with Gasteiger partial charge in [-0.3, -0.25) is 0 Å². The summed E-state index contributed by atoms with van der Waals surface area (Å²) >= 11 is 0.278. The van der Waals surface area contributed by atoms with E-state index in [1.807, 2.05) is 0 Å². The minimum Gasteiger partial charge on any atom is -0.0617 e. The first kappa shape index (κ1) is 26.2. The van der Waals surface area contributed by atoms with E-state index in [9.17, 15) is 0 Å². The molecule has 0 saturated heterocycles. The van der Waals surface area contributed by atoms with Crippen molar-refractivity contribution >= 4 is 55.3 Å². The number of hydrogen-bond donors (Lipinski definition) is 0. The van der Waals surface area contributed by atoms with Gasteiger partial charge in [-0.1, -0.05) is 36.4 Å². The van der Waals surface area contributed by atoms with Gasteiger partial charge >= 0.3 is 233 Å². The van der Waals surface area contributed by atoms with Crippen LogP contribution in [-0.4, -0.2) is 14.5 Å². The summed E-state index contributed by atoms with van der Waals surface area (Å²) in [7, 11) is 0. The van der Waals surface area contributed by atoms with E-state index in [1.54, 1.807) is 0 Å². The predicted molar refractivity (Wildman–Crippen MR) is 195 cm³/mol. The van der Waals surface area contributed by atoms with Gasteiger partial charge in [0.2, 0.25) is 0 Å². The topological polar surface area (TPSA) is 0 Å². The molecule has 1 heteroatoms. The van der Waals surface area contributed by atoms with Crippen LogP contribution in [0.15, 0.2) is 170 Å². The van der Waals surface area contributed by atoms with Crippen molar-refractivity contribution in [1.82, 2.24) is 0 Å². The third-order valence-corrected chi connectivity index (χ3v) is 11.5.